The van der Waals surface area contributed by atoms with Crippen molar-refractivity contribution in [2.75, 3.05) is 6.54 Å². The number of imidazole rings is 1. The monoisotopic (exact) mass is 583 g/mol. The van der Waals surface area contributed by atoms with Gasteiger partial charge in [-0.05, 0) is 51.0 Å². The van der Waals surface area contributed by atoms with Crippen LogP contribution in [0.1, 0.15) is 117 Å². The molecule has 0 spiro atoms. The number of carbonyl (C=O) groups excluding carboxylic acids is 2. The standard InChI is InChI=1S/C20H29N3O2.C8H14N2O.2C2H6.C2H2/c1-4-15(2)9-8-12-18(19-13-21-16(3)22-19)23-20(24)25-14-17-10-6-5-7-11-17;1-6(9)5-7-3-2-4-10-8(7)11;3*1-2/h5-7,10-11,13,15,18H,4,8-9,12,14H2,1-3H3,(H,21,22)(H,23,24);7,9H,2-5H2,1H3,(H,10,11);2*1-2H3;1-2H. The van der Waals surface area contributed by atoms with Crippen molar-refractivity contribution in [3.05, 3.63) is 53.6 Å². The van der Waals surface area contributed by atoms with Crippen LogP contribution in [-0.4, -0.2) is 34.2 Å². The third-order valence-electron chi connectivity index (χ3n) is 6.44. The molecule has 1 aromatic carbocycles. The van der Waals surface area contributed by atoms with Gasteiger partial charge in [-0.25, -0.2) is 9.78 Å². The summed E-state index contributed by atoms with van der Waals surface area (Å²) in [6.45, 7) is 17.2. The number of H-pyrrole nitrogens is 1. The zero-order valence-electron chi connectivity index (χ0n) is 27.4. The lowest BCUT2D eigenvalue weighted by Gasteiger charge is -2.20. The van der Waals surface area contributed by atoms with Gasteiger partial charge in [-0.1, -0.05) is 91.1 Å². The summed E-state index contributed by atoms with van der Waals surface area (Å²) in [7, 11) is 0. The molecule has 1 aliphatic rings. The molecule has 3 rings (SSSR count). The number of aryl methyl sites for hydroxylation is 1. The minimum atomic E-state index is -0.398. The van der Waals surface area contributed by atoms with Gasteiger partial charge in [0.25, 0.3) is 0 Å². The van der Waals surface area contributed by atoms with Crippen molar-refractivity contribution >= 4 is 17.7 Å². The smallest absolute Gasteiger partial charge is 0.408 e. The number of ether oxygens (including phenoxy) is 1. The molecule has 2 heterocycles. The Kier molecular flexibility index (Phi) is 25.4. The molecule has 0 aliphatic carbocycles. The molecular weight excluding hydrogens is 526 g/mol. The van der Waals surface area contributed by atoms with E-state index < -0.39 is 6.09 Å². The zero-order chi connectivity index (χ0) is 32.3. The van der Waals surface area contributed by atoms with Gasteiger partial charge in [-0.2, -0.15) is 0 Å². The van der Waals surface area contributed by atoms with Gasteiger partial charge in [0, 0.05) is 18.2 Å². The first kappa shape index (κ1) is 40.5. The highest BCUT2D eigenvalue weighted by atomic mass is 16.5. The molecule has 0 saturated carbocycles. The number of benzene rings is 1. The maximum Gasteiger partial charge on any atom is 0.408 e. The predicted molar refractivity (Wildman–Crippen MR) is 175 cm³/mol. The van der Waals surface area contributed by atoms with E-state index in [9.17, 15) is 9.59 Å². The number of terminal acetylenes is 1. The van der Waals surface area contributed by atoms with E-state index in [-0.39, 0.29) is 24.5 Å². The minimum Gasteiger partial charge on any atom is -0.445 e. The van der Waals surface area contributed by atoms with Crippen molar-refractivity contribution in [1.29, 1.82) is 5.41 Å². The molecule has 236 valence electrons. The highest BCUT2D eigenvalue weighted by Gasteiger charge is 2.21. The van der Waals surface area contributed by atoms with Gasteiger partial charge in [0.05, 0.1) is 17.9 Å². The van der Waals surface area contributed by atoms with E-state index in [4.69, 9.17) is 10.1 Å². The molecular formula is C34H57N5O3. The molecule has 4 N–H and O–H groups in total. The summed E-state index contributed by atoms with van der Waals surface area (Å²) in [5.74, 6) is 1.75. The number of carbonyl (C=O) groups is 2. The normalized spacial score (nSPS) is 14.6. The van der Waals surface area contributed by atoms with Gasteiger partial charge >= 0.3 is 6.09 Å². The summed E-state index contributed by atoms with van der Waals surface area (Å²) in [6, 6.07) is 9.58. The fourth-order valence-electron chi connectivity index (χ4n) is 4.10. The first-order valence-electron chi connectivity index (χ1n) is 15.4. The lowest BCUT2D eigenvalue weighted by Crippen LogP contribution is -2.37. The first-order valence-corrected chi connectivity index (χ1v) is 15.4. The largest absolute Gasteiger partial charge is 0.445 e. The van der Waals surface area contributed by atoms with Gasteiger partial charge < -0.3 is 25.8 Å². The Morgan fingerprint density at radius 2 is 1.81 bits per heavy atom. The number of hydrogen-bond donors (Lipinski definition) is 4. The van der Waals surface area contributed by atoms with Crippen LogP contribution in [0.15, 0.2) is 36.5 Å². The fraction of sp³-hybridized carbons (Fsp3) is 0.588. The number of alkyl carbamates (subject to hydrolysis) is 1. The first-order chi connectivity index (χ1) is 20.3. The molecule has 1 saturated heterocycles. The van der Waals surface area contributed by atoms with E-state index in [1.807, 2.05) is 65.0 Å². The van der Waals surface area contributed by atoms with Crippen molar-refractivity contribution in [3.63, 3.8) is 0 Å². The molecule has 1 aromatic heterocycles. The Morgan fingerprint density at radius 3 is 2.33 bits per heavy atom. The number of piperidine rings is 1. The Hall–Kier alpha value is -3.60. The number of nitrogens with zero attached hydrogens (tertiary/aromatic N) is 1. The Labute approximate surface area is 255 Å². The number of amides is 2. The molecule has 42 heavy (non-hydrogen) atoms. The van der Waals surface area contributed by atoms with Crippen LogP contribution in [0.2, 0.25) is 0 Å². The zero-order valence-corrected chi connectivity index (χ0v) is 27.4. The Bertz CT molecular complexity index is 987. The lowest BCUT2D eigenvalue weighted by atomic mass is 9.93. The third kappa shape index (κ3) is 18.7. The number of rotatable bonds is 11. The predicted octanol–water partition coefficient (Wildman–Crippen LogP) is 8.15. The van der Waals surface area contributed by atoms with Crippen LogP contribution in [0.25, 0.3) is 0 Å². The van der Waals surface area contributed by atoms with Gasteiger partial charge in [0.15, 0.2) is 0 Å². The van der Waals surface area contributed by atoms with Gasteiger partial charge in [0.2, 0.25) is 5.91 Å². The van der Waals surface area contributed by atoms with E-state index in [0.717, 1.165) is 55.7 Å². The van der Waals surface area contributed by atoms with Crippen LogP contribution in [0.5, 0.6) is 0 Å². The second-order valence-electron chi connectivity index (χ2n) is 9.74. The highest BCUT2D eigenvalue weighted by molar-refractivity contribution is 5.87. The summed E-state index contributed by atoms with van der Waals surface area (Å²) < 4.78 is 5.35. The maximum absolute atomic E-state index is 12.2. The van der Waals surface area contributed by atoms with E-state index in [1.54, 1.807) is 13.1 Å². The average Bonchev–Trinajstić information content (AvgIpc) is 3.46. The molecule has 2 aromatic rings. The van der Waals surface area contributed by atoms with E-state index in [1.165, 1.54) is 6.42 Å². The topological polar surface area (TPSA) is 120 Å². The van der Waals surface area contributed by atoms with Crippen molar-refractivity contribution in [3.8, 4) is 12.8 Å². The van der Waals surface area contributed by atoms with Gasteiger partial charge in [-0.3, -0.25) is 4.79 Å². The average molecular weight is 584 g/mol. The molecule has 8 heteroatoms. The summed E-state index contributed by atoms with van der Waals surface area (Å²) in [4.78, 5) is 30.8. The highest BCUT2D eigenvalue weighted by Crippen LogP contribution is 2.21. The number of aromatic nitrogens is 2. The maximum atomic E-state index is 12.2. The van der Waals surface area contributed by atoms with Crippen LogP contribution >= 0.6 is 0 Å². The third-order valence-corrected chi connectivity index (χ3v) is 6.44. The molecule has 2 amide bonds. The van der Waals surface area contributed by atoms with Crippen LogP contribution in [0.4, 0.5) is 4.79 Å². The second kappa shape index (κ2) is 26.3. The molecule has 1 fully saturated rings. The number of aromatic amines is 1. The van der Waals surface area contributed by atoms with Crippen LogP contribution < -0.4 is 10.6 Å². The van der Waals surface area contributed by atoms with Crippen molar-refractivity contribution in [2.24, 2.45) is 11.8 Å². The lowest BCUT2D eigenvalue weighted by molar-refractivity contribution is -0.126. The second-order valence-corrected chi connectivity index (χ2v) is 9.74. The molecule has 8 nitrogen and oxygen atoms in total. The van der Waals surface area contributed by atoms with Crippen molar-refractivity contribution in [2.45, 2.75) is 113 Å². The fourth-order valence-corrected chi connectivity index (χ4v) is 4.10. The molecule has 0 radical (unpaired) electrons. The summed E-state index contributed by atoms with van der Waals surface area (Å²) in [5, 5.41) is 13.0. The Morgan fingerprint density at radius 1 is 1.17 bits per heavy atom. The van der Waals surface area contributed by atoms with Gasteiger partial charge in [0.1, 0.15) is 12.4 Å². The van der Waals surface area contributed by atoms with E-state index in [0.29, 0.717) is 18.1 Å². The molecule has 0 bridgehead atoms. The summed E-state index contributed by atoms with van der Waals surface area (Å²) in [6.07, 6.45) is 16.3. The summed E-state index contributed by atoms with van der Waals surface area (Å²) >= 11 is 0. The molecule has 3 atom stereocenters. The van der Waals surface area contributed by atoms with E-state index in [2.05, 4.69) is 47.3 Å². The van der Waals surface area contributed by atoms with Crippen molar-refractivity contribution in [1.82, 2.24) is 20.6 Å². The van der Waals surface area contributed by atoms with Crippen molar-refractivity contribution < 1.29 is 14.3 Å². The van der Waals surface area contributed by atoms with E-state index >= 15 is 0 Å². The quantitative estimate of drug-likeness (QED) is 0.158. The Balaban J connectivity index is 0. The van der Waals surface area contributed by atoms with Gasteiger partial charge in [-0.15, -0.1) is 12.8 Å². The molecule has 3 unspecified atom stereocenters. The van der Waals surface area contributed by atoms with Crippen LogP contribution in [0, 0.1) is 37.0 Å². The van der Waals surface area contributed by atoms with Crippen LogP contribution in [-0.2, 0) is 16.1 Å². The molecule has 1 aliphatic heterocycles. The minimum absolute atomic E-state index is 0.0706. The number of hydrogen-bond acceptors (Lipinski definition) is 5. The van der Waals surface area contributed by atoms with Crippen LogP contribution in [0.3, 0.4) is 0 Å². The number of nitrogens with one attached hydrogen (secondary N) is 4. The SMILES string of the molecule is C#C.CC.CC.CC(=N)CC1CCCNC1=O.CCC(C)CCCC(NC(=O)OCc1ccccc1)c1cnc(C)[nH]1. The summed E-state index contributed by atoms with van der Waals surface area (Å²) in [5.41, 5.74) is 2.51.